The second kappa shape index (κ2) is 4.19. The predicted molar refractivity (Wildman–Crippen MR) is 57.3 cm³/mol. The number of benzene rings is 1. The summed E-state index contributed by atoms with van der Waals surface area (Å²) in [6.07, 6.45) is 0.335. The Hall–Kier alpha value is -2.09. The molecule has 1 atom stereocenters. The fraction of sp³-hybridized carbons (Fsp3) is 0.273. The molecule has 16 heavy (non-hydrogen) atoms. The number of oxazole rings is 1. The Kier molecular flexibility index (Phi) is 2.73. The number of nitrogens with one attached hydrogen (secondary N) is 1. The topological polar surface area (TPSA) is 61.9 Å². The van der Waals surface area contributed by atoms with Crippen LogP contribution in [0, 0.1) is 17.1 Å². The minimum Gasteiger partial charge on any atom is -0.423 e. The van der Waals surface area contributed by atoms with E-state index in [9.17, 15) is 4.39 Å². The van der Waals surface area contributed by atoms with Crippen LogP contribution in [-0.4, -0.2) is 11.0 Å². The number of hydrogen-bond acceptors (Lipinski definition) is 4. The zero-order valence-corrected chi connectivity index (χ0v) is 8.70. The van der Waals surface area contributed by atoms with Gasteiger partial charge >= 0.3 is 0 Å². The van der Waals surface area contributed by atoms with Gasteiger partial charge in [0.05, 0.1) is 12.5 Å². The van der Waals surface area contributed by atoms with Crippen LogP contribution in [0.1, 0.15) is 13.3 Å². The monoisotopic (exact) mass is 219 g/mol. The van der Waals surface area contributed by atoms with Gasteiger partial charge in [-0.3, -0.25) is 0 Å². The second-order valence-electron chi connectivity index (χ2n) is 3.51. The largest absolute Gasteiger partial charge is 0.423 e. The Bertz CT molecular complexity index is 544. The molecule has 0 radical (unpaired) electrons. The number of rotatable bonds is 3. The van der Waals surface area contributed by atoms with E-state index in [4.69, 9.17) is 9.68 Å². The molecular weight excluding hydrogens is 209 g/mol. The third-order valence-corrected chi connectivity index (χ3v) is 2.14. The molecular formula is C11H10FN3O. The molecule has 0 spiro atoms. The lowest BCUT2D eigenvalue weighted by molar-refractivity contribution is 0.600. The van der Waals surface area contributed by atoms with Crippen LogP contribution in [0.5, 0.6) is 0 Å². The van der Waals surface area contributed by atoms with Gasteiger partial charge in [0.2, 0.25) is 0 Å². The van der Waals surface area contributed by atoms with E-state index < -0.39 is 5.82 Å². The molecule has 2 rings (SSSR count). The summed E-state index contributed by atoms with van der Waals surface area (Å²) in [6.45, 7) is 1.83. The molecule has 0 saturated heterocycles. The van der Waals surface area contributed by atoms with Gasteiger partial charge in [-0.05, 0) is 19.1 Å². The molecule has 0 unspecified atom stereocenters. The highest BCUT2D eigenvalue weighted by Gasteiger charge is 2.11. The number of nitrogens with zero attached hydrogens (tertiary/aromatic N) is 2. The molecule has 0 aliphatic heterocycles. The average molecular weight is 219 g/mol. The van der Waals surface area contributed by atoms with E-state index in [2.05, 4.69) is 10.3 Å². The molecule has 5 heteroatoms. The Morgan fingerprint density at radius 3 is 3.12 bits per heavy atom. The maximum atomic E-state index is 13.3. The number of nitriles is 1. The van der Waals surface area contributed by atoms with Crippen LogP contribution in [0.4, 0.5) is 10.4 Å². The summed E-state index contributed by atoms with van der Waals surface area (Å²) >= 11 is 0. The SMILES string of the molecule is C[C@H](CC#N)Nc1nc2c(F)cccc2o1. The van der Waals surface area contributed by atoms with Crippen molar-refractivity contribution in [1.29, 1.82) is 5.26 Å². The lowest BCUT2D eigenvalue weighted by atomic mass is 10.3. The second-order valence-corrected chi connectivity index (χ2v) is 3.51. The Morgan fingerprint density at radius 2 is 2.44 bits per heavy atom. The van der Waals surface area contributed by atoms with Gasteiger partial charge in [0, 0.05) is 6.04 Å². The highest BCUT2D eigenvalue weighted by molar-refractivity contribution is 5.74. The van der Waals surface area contributed by atoms with Crippen molar-refractivity contribution in [3.8, 4) is 6.07 Å². The van der Waals surface area contributed by atoms with Gasteiger partial charge in [-0.1, -0.05) is 6.07 Å². The van der Waals surface area contributed by atoms with Crippen LogP contribution in [0.2, 0.25) is 0 Å². The van der Waals surface area contributed by atoms with Crippen molar-refractivity contribution in [1.82, 2.24) is 4.98 Å². The first-order valence-corrected chi connectivity index (χ1v) is 4.89. The Balaban J connectivity index is 2.27. The zero-order chi connectivity index (χ0) is 11.5. The van der Waals surface area contributed by atoms with Crippen molar-refractivity contribution in [3.05, 3.63) is 24.0 Å². The normalized spacial score (nSPS) is 12.3. The first-order valence-electron chi connectivity index (χ1n) is 4.89. The molecule has 4 nitrogen and oxygen atoms in total. The van der Waals surface area contributed by atoms with E-state index in [0.29, 0.717) is 12.0 Å². The van der Waals surface area contributed by atoms with E-state index in [1.165, 1.54) is 6.07 Å². The molecule has 2 aromatic rings. The van der Waals surface area contributed by atoms with Crippen LogP contribution < -0.4 is 5.32 Å². The maximum absolute atomic E-state index is 13.3. The molecule has 1 heterocycles. The Morgan fingerprint density at radius 1 is 1.62 bits per heavy atom. The van der Waals surface area contributed by atoms with Crippen molar-refractivity contribution in [3.63, 3.8) is 0 Å². The fourth-order valence-electron chi connectivity index (χ4n) is 1.38. The standard InChI is InChI=1S/C11H10FN3O/c1-7(5-6-13)14-11-15-10-8(12)3-2-4-9(10)16-11/h2-4,7H,5H2,1H3,(H,14,15)/t7-/m1/s1. The molecule has 1 aromatic carbocycles. The van der Waals surface area contributed by atoms with E-state index in [1.54, 1.807) is 12.1 Å². The smallest absolute Gasteiger partial charge is 0.296 e. The molecule has 0 aliphatic rings. The number of para-hydroxylation sites is 1. The van der Waals surface area contributed by atoms with Crippen LogP contribution in [0.15, 0.2) is 22.6 Å². The van der Waals surface area contributed by atoms with Crippen LogP contribution in [0.3, 0.4) is 0 Å². The first-order chi connectivity index (χ1) is 7.70. The van der Waals surface area contributed by atoms with Gasteiger partial charge in [0.15, 0.2) is 11.4 Å². The van der Waals surface area contributed by atoms with Gasteiger partial charge in [0.1, 0.15) is 5.52 Å². The quantitative estimate of drug-likeness (QED) is 0.862. The number of fused-ring (bicyclic) bond motifs is 1. The zero-order valence-electron chi connectivity index (χ0n) is 8.70. The summed E-state index contributed by atoms with van der Waals surface area (Å²) in [4.78, 5) is 3.97. The van der Waals surface area contributed by atoms with Gasteiger partial charge in [-0.2, -0.15) is 10.2 Å². The van der Waals surface area contributed by atoms with Gasteiger partial charge in [0.25, 0.3) is 6.01 Å². The molecule has 0 bridgehead atoms. The predicted octanol–water partition coefficient (Wildman–Crippen LogP) is 2.68. The summed E-state index contributed by atoms with van der Waals surface area (Å²) in [7, 11) is 0. The average Bonchev–Trinajstić information content (AvgIpc) is 2.62. The summed E-state index contributed by atoms with van der Waals surface area (Å²) in [5.74, 6) is -0.415. The highest BCUT2D eigenvalue weighted by Crippen LogP contribution is 2.21. The molecule has 0 amide bonds. The Labute approximate surface area is 91.7 Å². The van der Waals surface area contributed by atoms with Crippen molar-refractivity contribution < 1.29 is 8.81 Å². The number of hydrogen-bond donors (Lipinski definition) is 1. The summed E-state index contributed by atoms with van der Waals surface area (Å²) in [5, 5.41) is 11.4. The van der Waals surface area contributed by atoms with Crippen molar-refractivity contribution in [2.75, 3.05) is 5.32 Å². The number of aromatic nitrogens is 1. The number of halogens is 1. The number of anilines is 1. The molecule has 0 fully saturated rings. The summed E-state index contributed by atoms with van der Waals surface area (Å²) in [5.41, 5.74) is 0.598. The first kappa shape index (κ1) is 10.4. The van der Waals surface area contributed by atoms with E-state index in [-0.39, 0.29) is 17.6 Å². The van der Waals surface area contributed by atoms with Crippen LogP contribution in [0.25, 0.3) is 11.1 Å². The van der Waals surface area contributed by atoms with E-state index in [1.807, 2.05) is 13.0 Å². The van der Waals surface area contributed by atoms with E-state index in [0.717, 1.165) is 0 Å². The molecule has 1 aromatic heterocycles. The lowest BCUT2D eigenvalue weighted by Gasteiger charge is -2.05. The fourth-order valence-corrected chi connectivity index (χ4v) is 1.38. The van der Waals surface area contributed by atoms with Crippen molar-refractivity contribution >= 4 is 17.1 Å². The molecule has 1 N–H and O–H groups in total. The third-order valence-electron chi connectivity index (χ3n) is 2.14. The molecule has 82 valence electrons. The summed E-state index contributed by atoms with van der Waals surface area (Å²) in [6, 6.07) is 6.72. The van der Waals surface area contributed by atoms with Crippen LogP contribution >= 0.6 is 0 Å². The van der Waals surface area contributed by atoms with Gasteiger partial charge in [-0.15, -0.1) is 0 Å². The van der Waals surface area contributed by atoms with Gasteiger partial charge < -0.3 is 9.73 Å². The molecule has 0 aliphatic carbocycles. The minimum atomic E-state index is -0.415. The van der Waals surface area contributed by atoms with E-state index >= 15 is 0 Å². The minimum absolute atomic E-state index is 0.0823. The van der Waals surface area contributed by atoms with Crippen molar-refractivity contribution in [2.45, 2.75) is 19.4 Å². The maximum Gasteiger partial charge on any atom is 0.296 e. The molecule has 0 saturated carbocycles. The van der Waals surface area contributed by atoms with Crippen LogP contribution in [-0.2, 0) is 0 Å². The van der Waals surface area contributed by atoms with Crippen molar-refractivity contribution in [2.24, 2.45) is 0 Å². The lowest BCUT2D eigenvalue weighted by Crippen LogP contribution is -2.13. The van der Waals surface area contributed by atoms with Gasteiger partial charge in [-0.25, -0.2) is 4.39 Å². The highest BCUT2D eigenvalue weighted by atomic mass is 19.1. The summed E-state index contributed by atoms with van der Waals surface area (Å²) < 4.78 is 18.6. The third kappa shape index (κ3) is 1.96.